The van der Waals surface area contributed by atoms with Crippen LogP contribution in [0, 0.1) is 5.92 Å². The Labute approximate surface area is 248 Å². The maximum Gasteiger partial charge on any atom is 0.225 e. The van der Waals surface area contributed by atoms with Crippen molar-refractivity contribution in [1.82, 2.24) is 14.8 Å². The lowest BCUT2D eigenvalue weighted by atomic mass is 9.93. The summed E-state index contributed by atoms with van der Waals surface area (Å²) in [5.41, 5.74) is 8.60. The van der Waals surface area contributed by atoms with Gasteiger partial charge in [0.05, 0.1) is 11.4 Å². The summed E-state index contributed by atoms with van der Waals surface area (Å²) in [6, 6.07) is 9.98. The first kappa shape index (κ1) is 33.5. The highest BCUT2D eigenvalue weighted by atomic mass is 79.9. The van der Waals surface area contributed by atoms with E-state index in [1.807, 2.05) is 49.1 Å². The van der Waals surface area contributed by atoms with Crippen molar-refractivity contribution in [3.05, 3.63) is 46.6 Å². The number of ether oxygens (including phenoxy) is 1. The Hall–Kier alpha value is -2.69. The first-order valence-electron chi connectivity index (χ1n) is 14.4. The molecule has 222 valence electrons. The highest BCUT2D eigenvalue weighted by Crippen LogP contribution is 2.29. The Morgan fingerprint density at radius 1 is 1.10 bits per heavy atom. The number of pyridine rings is 1. The topological polar surface area (TPSA) is 113 Å². The third-order valence-electron chi connectivity index (χ3n) is 6.96. The van der Waals surface area contributed by atoms with Crippen LogP contribution < -0.4 is 16.4 Å². The maximum absolute atomic E-state index is 13.1. The summed E-state index contributed by atoms with van der Waals surface area (Å²) in [5.74, 6) is 0.961. The van der Waals surface area contributed by atoms with Gasteiger partial charge in [0.2, 0.25) is 12.3 Å². The maximum atomic E-state index is 13.1. The molecular formula is C30H47BrN6O3. The number of nitrogens with one attached hydrogen (secondary N) is 2. The van der Waals surface area contributed by atoms with Gasteiger partial charge in [0, 0.05) is 56.0 Å². The van der Waals surface area contributed by atoms with Gasteiger partial charge in [-0.1, -0.05) is 36.7 Å². The molecule has 2 fully saturated rings. The lowest BCUT2D eigenvalue weighted by molar-refractivity contribution is -0.138. The summed E-state index contributed by atoms with van der Waals surface area (Å²) in [5, 5.41) is 6.28. The van der Waals surface area contributed by atoms with Gasteiger partial charge >= 0.3 is 0 Å². The molecule has 0 atom stereocenters. The normalized spacial score (nSPS) is 16.2. The van der Waals surface area contributed by atoms with Gasteiger partial charge in [-0.3, -0.25) is 14.5 Å². The first-order valence-corrected chi connectivity index (χ1v) is 15.2. The molecule has 2 aromatic rings. The van der Waals surface area contributed by atoms with E-state index >= 15 is 0 Å². The number of piperidine rings is 2. The number of halogens is 1. The van der Waals surface area contributed by atoms with Gasteiger partial charge in [-0.05, 0) is 81.1 Å². The van der Waals surface area contributed by atoms with E-state index in [2.05, 4.69) is 43.4 Å². The number of nitrogens with zero attached hydrogens (tertiary/aromatic N) is 3. The van der Waals surface area contributed by atoms with Crippen LogP contribution in [0.5, 0.6) is 0 Å². The Balaban J connectivity index is 0.000000722. The molecule has 2 amide bonds. The van der Waals surface area contributed by atoms with Crippen LogP contribution in [0.4, 0.5) is 17.2 Å². The molecule has 0 aliphatic carbocycles. The summed E-state index contributed by atoms with van der Waals surface area (Å²) < 4.78 is 5.60. The van der Waals surface area contributed by atoms with Gasteiger partial charge in [0.25, 0.3) is 0 Å². The Kier molecular flexibility index (Phi) is 15.6. The predicted octanol–water partition coefficient (Wildman–Crippen LogP) is 5.38. The lowest BCUT2D eigenvalue weighted by Gasteiger charge is -2.37. The molecule has 40 heavy (non-hydrogen) atoms. The standard InChI is InChI=1S/C24H31BrN6O2.C4H10O.C2H6/c25-19-1-2-21(22(14-19)28-16-32)29-20-6-11-31(12-7-20)24(33)18-4-9-30(10-5-18)15-17-3-8-27-23(26)13-17;1-3-4-5-2;1-2/h1-3,8,13-14,16,18,20,29H,4-7,9-12,15H2,(H2,26,27)(H,28,32);3-4H2,1-2H3;1-2H3. The molecule has 2 saturated heterocycles. The van der Waals surface area contributed by atoms with Gasteiger partial charge in [0.1, 0.15) is 5.82 Å². The number of nitrogen functional groups attached to an aromatic ring is 1. The molecule has 1 aromatic heterocycles. The third-order valence-corrected chi connectivity index (χ3v) is 7.45. The van der Waals surface area contributed by atoms with E-state index in [1.54, 1.807) is 13.3 Å². The van der Waals surface area contributed by atoms with Gasteiger partial charge in [-0.25, -0.2) is 4.98 Å². The highest BCUT2D eigenvalue weighted by Gasteiger charge is 2.31. The molecule has 0 unspecified atom stereocenters. The molecule has 4 rings (SSSR count). The van der Waals surface area contributed by atoms with Crippen LogP contribution in [-0.4, -0.2) is 73.0 Å². The minimum atomic E-state index is 0.114. The number of carbonyl (C=O) groups excluding carboxylic acids is 2. The second kappa shape index (κ2) is 18.6. The van der Waals surface area contributed by atoms with E-state index in [0.29, 0.717) is 18.1 Å². The first-order chi connectivity index (χ1) is 19.4. The lowest BCUT2D eigenvalue weighted by Crippen LogP contribution is -2.47. The number of anilines is 3. The minimum Gasteiger partial charge on any atom is -0.385 e. The molecule has 1 aromatic carbocycles. The highest BCUT2D eigenvalue weighted by molar-refractivity contribution is 9.10. The van der Waals surface area contributed by atoms with E-state index in [-0.39, 0.29) is 12.0 Å². The Morgan fingerprint density at radius 2 is 1.80 bits per heavy atom. The molecule has 4 N–H and O–H groups in total. The Morgan fingerprint density at radius 3 is 2.38 bits per heavy atom. The summed E-state index contributed by atoms with van der Waals surface area (Å²) in [4.78, 5) is 32.5. The molecule has 9 nitrogen and oxygen atoms in total. The molecule has 0 saturated carbocycles. The van der Waals surface area contributed by atoms with Crippen LogP contribution in [0.3, 0.4) is 0 Å². The third kappa shape index (κ3) is 11.1. The van der Waals surface area contributed by atoms with Gasteiger partial charge in [-0.2, -0.15) is 0 Å². The number of rotatable bonds is 9. The van der Waals surface area contributed by atoms with Gasteiger partial charge in [0.15, 0.2) is 0 Å². The van der Waals surface area contributed by atoms with Crippen molar-refractivity contribution in [3.63, 3.8) is 0 Å². The predicted molar refractivity (Wildman–Crippen MR) is 167 cm³/mol. The fraction of sp³-hybridized carbons (Fsp3) is 0.567. The number of likely N-dealkylation sites (tertiary alicyclic amines) is 2. The SMILES string of the molecule is CC.CCCOC.Nc1cc(CN2CCC(C(=O)N3CCC(Nc4ccc(Br)cc4NC=O)CC3)CC2)ccn1. The second-order valence-electron chi connectivity index (χ2n) is 9.83. The fourth-order valence-corrected chi connectivity index (χ4v) is 5.30. The number of benzene rings is 1. The van der Waals surface area contributed by atoms with E-state index in [4.69, 9.17) is 10.5 Å². The summed E-state index contributed by atoms with van der Waals surface area (Å²) in [6.07, 6.45) is 7.14. The van der Waals surface area contributed by atoms with Gasteiger partial charge < -0.3 is 26.0 Å². The number of hydrogen-bond donors (Lipinski definition) is 3. The molecule has 0 bridgehead atoms. The van der Waals surface area contributed by atoms with Crippen molar-refractivity contribution in [2.45, 2.75) is 65.5 Å². The number of aromatic nitrogens is 1. The smallest absolute Gasteiger partial charge is 0.225 e. The van der Waals surface area contributed by atoms with Crippen molar-refractivity contribution in [3.8, 4) is 0 Å². The van der Waals surface area contributed by atoms with Crippen molar-refractivity contribution in [1.29, 1.82) is 0 Å². The number of methoxy groups -OCH3 is 1. The number of hydrogen-bond acceptors (Lipinski definition) is 7. The Bertz CT molecular complexity index is 1020. The fourth-order valence-electron chi connectivity index (χ4n) is 4.94. The van der Waals surface area contributed by atoms with Crippen LogP contribution >= 0.6 is 15.9 Å². The van der Waals surface area contributed by atoms with Crippen molar-refractivity contribution >= 4 is 45.4 Å². The molecule has 2 aliphatic rings. The van der Waals surface area contributed by atoms with Crippen LogP contribution in [0.15, 0.2) is 41.0 Å². The molecule has 0 spiro atoms. The average molecular weight is 620 g/mol. The van der Waals surface area contributed by atoms with Crippen LogP contribution in [-0.2, 0) is 20.9 Å². The van der Waals surface area contributed by atoms with Crippen LogP contribution in [0.2, 0.25) is 0 Å². The number of amides is 2. The monoisotopic (exact) mass is 618 g/mol. The zero-order chi connectivity index (χ0) is 29.3. The molecule has 10 heteroatoms. The van der Waals surface area contributed by atoms with Gasteiger partial charge in [-0.15, -0.1) is 0 Å². The molecule has 0 radical (unpaired) electrons. The zero-order valence-corrected chi connectivity index (χ0v) is 26.1. The molecule has 3 heterocycles. The van der Waals surface area contributed by atoms with Crippen LogP contribution in [0.25, 0.3) is 0 Å². The summed E-state index contributed by atoms with van der Waals surface area (Å²) >= 11 is 3.44. The largest absolute Gasteiger partial charge is 0.385 e. The second-order valence-corrected chi connectivity index (χ2v) is 10.7. The molecular weight excluding hydrogens is 572 g/mol. The van der Waals surface area contributed by atoms with Crippen LogP contribution in [0.1, 0.15) is 58.4 Å². The summed E-state index contributed by atoms with van der Waals surface area (Å²) in [7, 11) is 1.71. The zero-order valence-electron chi connectivity index (χ0n) is 24.5. The number of carbonyl (C=O) groups is 2. The minimum absolute atomic E-state index is 0.114. The average Bonchev–Trinajstić information content (AvgIpc) is 2.97. The van der Waals surface area contributed by atoms with Crippen molar-refractivity contribution in [2.24, 2.45) is 5.92 Å². The van der Waals surface area contributed by atoms with E-state index < -0.39 is 0 Å². The van der Waals surface area contributed by atoms with E-state index in [1.165, 1.54) is 5.56 Å². The van der Waals surface area contributed by atoms with Crippen molar-refractivity contribution < 1.29 is 14.3 Å². The van der Waals surface area contributed by atoms with E-state index in [0.717, 1.165) is 87.3 Å². The van der Waals surface area contributed by atoms with Crippen molar-refractivity contribution in [2.75, 3.05) is 56.3 Å². The number of nitrogens with two attached hydrogens (primary N) is 1. The summed E-state index contributed by atoms with van der Waals surface area (Å²) in [6.45, 7) is 11.2. The molecule has 2 aliphatic heterocycles. The van der Waals surface area contributed by atoms with E-state index in [9.17, 15) is 9.59 Å². The quantitative estimate of drug-likeness (QED) is 0.323.